The molecule has 6 rings (SSSR count). The second-order valence-corrected chi connectivity index (χ2v) is 14.2. The van der Waals surface area contributed by atoms with E-state index in [2.05, 4.69) is 24.8 Å². The molecule has 0 radical (unpaired) electrons. The van der Waals surface area contributed by atoms with Crippen LogP contribution < -0.4 is 9.80 Å². The molecule has 0 bridgehead atoms. The fourth-order valence-electron chi connectivity index (χ4n) is 7.78. The highest BCUT2D eigenvalue weighted by atomic mass is 32.2. The molecule has 232 valence electrons. The maximum absolute atomic E-state index is 14.9. The smallest absolute Gasteiger partial charge is 0.251 e. The predicted molar refractivity (Wildman–Crippen MR) is 176 cm³/mol. The van der Waals surface area contributed by atoms with Gasteiger partial charge in [-0.2, -0.15) is 0 Å². The lowest BCUT2D eigenvalue weighted by atomic mass is 9.74. The molecular formula is C35H42N4O4S. The van der Waals surface area contributed by atoms with Crippen molar-refractivity contribution in [1.29, 1.82) is 0 Å². The van der Waals surface area contributed by atoms with Crippen molar-refractivity contribution in [1.82, 2.24) is 9.80 Å². The van der Waals surface area contributed by atoms with Crippen molar-refractivity contribution in [3.05, 3.63) is 84.5 Å². The third-order valence-corrected chi connectivity index (χ3v) is 11.7. The number of rotatable bonds is 8. The molecule has 1 N–H and O–H groups in total. The lowest BCUT2D eigenvalue weighted by molar-refractivity contribution is -0.144. The Kier molecular flexibility index (Phi) is 8.13. The minimum absolute atomic E-state index is 0.0848. The third kappa shape index (κ3) is 4.76. The average Bonchev–Trinajstić information content (AvgIpc) is 3.31. The highest BCUT2D eigenvalue weighted by Crippen LogP contribution is 2.65. The summed E-state index contributed by atoms with van der Waals surface area (Å²) in [5.74, 6) is -1.89. The number of anilines is 2. The molecule has 8 nitrogen and oxygen atoms in total. The van der Waals surface area contributed by atoms with Crippen molar-refractivity contribution in [3.8, 4) is 0 Å². The van der Waals surface area contributed by atoms with Gasteiger partial charge in [-0.05, 0) is 57.0 Å². The fraction of sp³-hybridized carbons (Fsp3) is 0.457. The molecular weight excluding hydrogens is 572 g/mol. The van der Waals surface area contributed by atoms with Gasteiger partial charge >= 0.3 is 0 Å². The molecule has 1 unspecified atom stereocenters. The Morgan fingerprint density at radius 2 is 1.59 bits per heavy atom. The van der Waals surface area contributed by atoms with Crippen LogP contribution in [0.1, 0.15) is 26.3 Å². The van der Waals surface area contributed by atoms with Crippen LogP contribution in [0.25, 0.3) is 0 Å². The molecule has 0 aliphatic carbocycles. The van der Waals surface area contributed by atoms with Crippen molar-refractivity contribution in [2.75, 3.05) is 49.6 Å². The van der Waals surface area contributed by atoms with Crippen molar-refractivity contribution in [3.63, 3.8) is 0 Å². The third-order valence-electron chi connectivity index (χ3n) is 9.90. The number of likely N-dealkylation sites (N-methyl/N-ethyl adjacent to an activating group) is 1. The average molecular weight is 615 g/mol. The number of carbonyl (C=O) groups is 3. The van der Waals surface area contributed by atoms with E-state index in [9.17, 15) is 19.5 Å². The van der Waals surface area contributed by atoms with E-state index in [4.69, 9.17) is 0 Å². The van der Waals surface area contributed by atoms with Crippen molar-refractivity contribution in [2.24, 2.45) is 11.8 Å². The summed E-state index contributed by atoms with van der Waals surface area (Å²) in [7, 11) is 1.77. The number of fused-ring (bicyclic) bond motifs is 2. The van der Waals surface area contributed by atoms with Crippen molar-refractivity contribution in [2.45, 2.75) is 48.8 Å². The molecule has 44 heavy (non-hydrogen) atoms. The highest BCUT2D eigenvalue weighted by molar-refractivity contribution is 8.02. The molecule has 9 heteroatoms. The Morgan fingerprint density at radius 1 is 0.909 bits per heavy atom. The van der Waals surface area contributed by atoms with Gasteiger partial charge < -0.3 is 24.7 Å². The van der Waals surface area contributed by atoms with Gasteiger partial charge in [0.05, 0.1) is 29.2 Å². The summed E-state index contributed by atoms with van der Waals surface area (Å²) in [6.07, 6.45) is 8.48. The minimum atomic E-state index is -0.966. The van der Waals surface area contributed by atoms with Crippen LogP contribution in [0.4, 0.5) is 11.4 Å². The van der Waals surface area contributed by atoms with Crippen LogP contribution in [-0.2, 0) is 20.8 Å². The number of aliphatic hydroxyl groups is 1. The Morgan fingerprint density at radius 3 is 2.25 bits per heavy atom. The fourth-order valence-corrected chi connectivity index (χ4v) is 9.92. The molecule has 6 atom stereocenters. The topological polar surface area (TPSA) is 84.4 Å². The van der Waals surface area contributed by atoms with Crippen LogP contribution in [0.3, 0.4) is 0 Å². The van der Waals surface area contributed by atoms with E-state index in [1.54, 1.807) is 33.5 Å². The lowest BCUT2D eigenvalue weighted by Gasteiger charge is -2.40. The summed E-state index contributed by atoms with van der Waals surface area (Å²) in [6, 6.07) is 16.2. The molecule has 0 saturated carbocycles. The predicted octanol–water partition coefficient (Wildman–Crippen LogP) is 3.75. The van der Waals surface area contributed by atoms with Gasteiger partial charge in [0, 0.05) is 49.3 Å². The molecule has 2 aromatic carbocycles. The molecule has 2 fully saturated rings. The van der Waals surface area contributed by atoms with E-state index in [1.165, 1.54) is 0 Å². The molecule has 4 aliphatic heterocycles. The number of nitrogens with zero attached hydrogens (tertiary/aromatic N) is 4. The number of thioether (sulfide) groups is 1. The van der Waals surface area contributed by atoms with E-state index >= 15 is 0 Å². The minimum Gasteiger partial charge on any atom is -0.394 e. The first-order chi connectivity index (χ1) is 21.2. The highest BCUT2D eigenvalue weighted by Gasteiger charge is 2.74. The second kappa shape index (κ2) is 11.7. The summed E-state index contributed by atoms with van der Waals surface area (Å²) in [5.41, 5.74) is 2.81. The zero-order valence-electron chi connectivity index (χ0n) is 25.9. The first kappa shape index (κ1) is 30.5. The Balaban J connectivity index is 1.46. The molecule has 2 aromatic rings. The van der Waals surface area contributed by atoms with Crippen LogP contribution in [0.5, 0.6) is 0 Å². The maximum atomic E-state index is 14.9. The van der Waals surface area contributed by atoms with Crippen LogP contribution in [0.2, 0.25) is 0 Å². The van der Waals surface area contributed by atoms with E-state index in [-0.39, 0.29) is 24.3 Å². The van der Waals surface area contributed by atoms with Crippen molar-refractivity contribution >= 4 is 40.9 Å². The largest absolute Gasteiger partial charge is 0.394 e. The van der Waals surface area contributed by atoms with E-state index in [0.717, 1.165) is 30.0 Å². The first-order valence-corrected chi connectivity index (χ1v) is 16.4. The molecule has 1 spiro atoms. The second-order valence-electron chi connectivity index (χ2n) is 12.4. The number of aliphatic hydroxyl groups excluding tert-OH is 1. The zero-order valence-corrected chi connectivity index (χ0v) is 26.7. The number of carbonyl (C=O) groups excluding carboxylic acids is 3. The summed E-state index contributed by atoms with van der Waals surface area (Å²) >= 11 is 1.57. The molecule has 0 aromatic heterocycles. The van der Waals surface area contributed by atoms with Gasteiger partial charge in [0.1, 0.15) is 6.04 Å². The van der Waals surface area contributed by atoms with Gasteiger partial charge in [0.2, 0.25) is 11.8 Å². The van der Waals surface area contributed by atoms with Gasteiger partial charge in [-0.3, -0.25) is 14.4 Å². The van der Waals surface area contributed by atoms with Crippen LogP contribution in [-0.4, -0.2) is 94.0 Å². The number of amides is 3. The molecule has 4 aliphatic rings. The Labute approximate surface area is 264 Å². The Bertz CT molecular complexity index is 1480. The number of likely N-dealkylation sites (tertiary alicyclic amines) is 1. The normalized spacial score (nSPS) is 30.2. The van der Waals surface area contributed by atoms with E-state index < -0.39 is 33.4 Å². The monoisotopic (exact) mass is 614 g/mol. The van der Waals surface area contributed by atoms with E-state index in [1.807, 2.05) is 79.7 Å². The molecule has 3 amide bonds. The van der Waals surface area contributed by atoms with Gasteiger partial charge in [0.15, 0.2) is 0 Å². The van der Waals surface area contributed by atoms with Crippen LogP contribution in [0.15, 0.2) is 78.9 Å². The van der Waals surface area contributed by atoms with Crippen molar-refractivity contribution < 1.29 is 19.5 Å². The van der Waals surface area contributed by atoms with Gasteiger partial charge in [-0.1, -0.05) is 54.6 Å². The van der Waals surface area contributed by atoms with Gasteiger partial charge in [-0.25, -0.2) is 0 Å². The SMILES string of the molecule is CCN(CC)c1ccc(N2CC=C[C@]34S[C@]5(C)C=CCN(C)C(=O)[C@@H]5[C@H]3C(=O)N([C@@H](CO)Cc3ccccc3)C4C2=O)cc1. The first-order valence-electron chi connectivity index (χ1n) is 15.6. The maximum Gasteiger partial charge on any atom is 0.251 e. The van der Waals surface area contributed by atoms with Crippen LogP contribution >= 0.6 is 11.8 Å². The zero-order chi connectivity index (χ0) is 31.2. The Hall–Kier alpha value is -3.56. The summed E-state index contributed by atoms with van der Waals surface area (Å²) in [6.45, 7) is 8.56. The number of benzene rings is 2. The lowest BCUT2D eigenvalue weighted by Crippen LogP contribution is -2.57. The molecule has 2 saturated heterocycles. The summed E-state index contributed by atoms with van der Waals surface area (Å²) in [5, 5.41) is 10.8. The number of hydrogen-bond donors (Lipinski definition) is 1. The van der Waals surface area contributed by atoms with E-state index in [0.29, 0.717) is 19.5 Å². The summed E-state index contributed by atoms with van der Waals surface area (Å²) in [4.78, 5) is 51.0. The summed E-state index contributed by atoms with van der Waals surface area (Å²) < 4.78 is -1.63. The molecule has 4 heterocycles. The van der Waals surface area contributed by atoms with Gasteiger partial charge in [0.25, 0.3) is 5.91 Å². The van der Waals surface area contributed by atoms with Crippen LogP contribution in [0, 0.1) is 11.8 Å². The van der Waals surface area contributed by atoms with Gasteiger partial charge in [-0.15, -0.1) is 11.8 Å². The number of hydrogen-bond acceptors (Lipinski definition) is 6. The standard InChI is InChI=1S/C35H42N4O4S/c1-5-37(6-2)25-14-16-26(17-15-25)38-21-11-19-35-29(28-31(41)36(4)20-10-18-34(28,3)44-35)32(42)39(30(35)33(38)43)27(23-40)22-24-12-8-7-9-13-24/h7-19,27-30,40H,5-6,20-23H2,1-4H3/t27-,28+,29+,30?,34-,35+/m1/s1. The quantitative estimate of drug-likeness (QED) is 0.456.